The van der Waals surface area contributed by atoms with Gasteiger partial charge in [-0.2, -0.15) is 0 Å². The average molecular weight is 284 g/mol. The molecule has 0 aliphatic rings. The van der Waals surface area contributed by atoms with Gasteiger partial charge in [0.05, 0.1) is 4.90 Å². The number of rotatable bonds is 6. The molecule has 0 amide bonds. The number of anilines is 1. The second-order valence-electron chi connectivity index (χ2n) is 4.92. The lowest BCUT2D eigenvalue weighted by molar-refractivity contribution is 0.341. The van der Waals surface area contributed by atoms with Crippen molar-refractivity contribution in [1.82, 2.24) is 4.72 Å². The van der Waals surface area contributed by atoms with Crippen molar-refractivity contribution in [3.05, 3.63) is 23.8 Å². The van der Waals surface area contributed by atoms with Crippen molar-refractivity contribution < 1.29 is 8.42 Å². The van der Waals surface area contributed by atoms with Gasteiger partial charge < -0.3 is 5.73 Å². The lowest BCUT2D eigenvalue weighted by Gasteiger charge is -2.31. The molecule has 0 saturated heterocycles. The average Bonchev–Trinajstić information content (AvgIpc) is 2.39. The summed E-state index contributed by atoms with van der Waals surface area (Å²) >= 11 is 0. The van der Waals surface area contributed by atoms with E-state index in [1.54, 1.807) is 25.1 Å². The highest BCUT2D eigenvalue weighted by Crippen LogP contribution is 2.26. The van der Waals surface area contributed by atoms with Crippen molar-refractivity contribution in [1.29, 1.82) is 0 Å². The quantitative estimate of drug-likeness (QED) is 0.789. The molecule has 1 aromatic rings. The fourth-order valence-electron chi connectivity index (χ4n) is 2.23. The monoisotopic (exact) mass is 284 g/mol. The molecule has 0 atom stereocenters. The van der Waals surface area contributed by atoms with E-state index >= 15 is 0 Å². The van der Waals surface area contributed by atoms with Crippen molar-refractivity contribution in [2.45, 2.75) is 57.4 Å². The summed E-state index contributed by atoms with van der Waals surface area (Å²) in [6.07, 6.45) is 2.29. The zero-order valence-electron chi connectivity index (χ0n) is 12.2. The van der Waals surface area contributed by atoms with Gasteiger partial charge in [-0.05, 0) is 43.9 Å². The number of benzene rings is 1. The SMILES string of the molecule is CCC(CC)(CC)NS(=O)(=O)c1cccc(N)c1C. The number of hydrogen-bond acceptors (Lipinski definition) is 3. The molecule has 19 heavy (non-hydrogen) atoms. The molecule has 0 saturated carbocycles. The highest BCUT2D eigenvalue weighted by Gasteiger charge is 2.31. The van der Waals surface area contributed by atoms with E-state index in [9.17, 15) is 8.42 Å². The Morgan fingerprint density at radius 2 is 1.68 bits per heavy atom. The van der Waals surface area contributed by atoms with Gasteiger partial charge in [-0.1, -0.05) is 26.8 Å². The number of nitrogens with two attached hydrogens (primary N) is 1. The maximum absolute atomic E-state index is 12.5. The predicted octanol–water partition coefficient (Wildman–Crippen LogP) is 2.82. The maximum Gasteiger partial charge on any atom is 0.241 e. The Morgan fingerprint density at radius 3 is 2.16 bits per heavy atom. The van der Waals surface area contributed by atoms with Crippen LogP contribution in [-0.2, 0) is 10.0 Å². The number of nitrogens with one attached hydrogen (secondary N) is 1. The molecule has 0 radical (unpaired) electrons. The van der Waals surface area contributed by atoms with Gasteiger partial charge >= 0.3 is 0 Å². The van der Waals surface area contributed by atoms with E-state index in [4.69, 9.17) is 5.73 Å². The van der Waals surface area contributed by atoms with Crippen LogP contribution >= 0.6 is 0 Å². The van der Waals surface area contributed by atoms with E-state index in [2.05, 4.69) is 4.72 Å². The van der Waals surface area contributed by atoms with E-state index in [-0.39, 0.29) is 10.4 Å². The third-order valence-electron chi connectivity index (χ3n) is 4.00. The molecule has 0 bridgehead atoms. The molecule has 0 spiro atoms. The number of nitrogen functional groups attached to an aromatic ring is 1. The first-order valence-electron chi connectivity index (χ1n) is 6.71. The minimum Gasteiger partial charge on any atom is -0.398 e. The van der Waals surface area contributed by atoms with Crippen LogP contribution in [0.15, 0.2) is 23.1 Å². The molecule has 3 N–H and O–H groups in total. The minimum atomic E-state index is -3.54. The van der Waals surface area contributed by atoms with Gasteiger partial charge in [-0.15, -0.1) is 0 Å². The van der Waals surface area contributed by atoms with Gasteiger partial charge in [0.1, 0.15) is 0 Å². The summed E-state index contributed by atoms with van der Waals surface area (Å²) in [5.74, 6) is 0. The lowest BCUT2D eigenvalue weighted by Crippen LogP contribution is -2.47. The van der Waals surface area contributed by atoms with Gasteiger partial charge in [-0.25, -0.2) is 13.1 Å². The summed E-state index contributed by atoms with van der Waals surface area (Å²) in [7, 11) is -3.54. The van der Waals surface area contributed by atoms with Gasteiger partial charge in [0.25, 0.3) is 0 Å². The van der Waals surface area contributed by atoms with Crippen LogP contribution in [-0.4, -0.2) is 14.0 Å². The number of hydrogen-bond donors (Lipinski definition) is 2. The zero-order valence-corrected chi connectivity index (χ0v) is 13.0. The van der Waals surface area contributed by atoms with Crippen molar-refractivity contribution in [3.63, 3.8) is 0 Å². The molecule has 0 aliphatic carbocycles. The Morgan fingerprint density at radius 1 is 1.16 bits per heavy atom. The lowest BCUT2D eigenvalue weighted by atomic mass is 9.91. The van der Waals surface area contributed by atoms with Crippen LogP contribution in [0, 0.1) is 6.92 Å². The smallest absolute Gasteiger partial charge is 0.241 e. The number of sulfonamides is 1. The van der Waals surface area contributed by atoms with Crippen molar-refractivity contribution in [2.24, 2.45) is 0 Å². The molecule has 5 heteroatoms. The Kier molecular flexibility index (Phi) is 4.98. The summed E-state index contributed by atoms with van der Waals surface area (Å²) < 4.78 is 27.9. The van der Waals surface area contributed by atoms with Crippen LogP contribution in [0.2, 0.25) is 0 Å². The van der Waals surface area contributed by atoms with Crippen LogP contribution < -0.4 is 10.5 Å². The first-order valence-corrected chi connectivity index (χ1v) is 8.19. The standard InChI is InChI=1S/C14H24N2O2S/c1-5-14(6-2,7-3)16-19(17,18)13-10-8-9-12(15)11(13)4/h8-10,16H,5-7,15H2,1-4H3. The molecular formula is C14H24N2O2S. The van der Waals surface area contributed by atoms with Crippen LogP contribution in [0.4, 0.5) is 5.69 Å². The van der Waals surface area contributed by atoms with Crippen molar-refractivity contribution >= 4 is 15.7 Å². The molecular weight excluding hydrogens is 260 g/mol. The topological polar surface area (TPSA) is 72.2 Å². The second-order valence-corrected chi connectivity index (χ2v) is 6.57. The van der Waals surface area contributed by atoms with E-state index in [1.807, 2.05) is 20.8 Å². The highest BCUT2D eigenvalue weighted by atomic mass is 32.2. The Hall–Kier alpha value is -1.07. The van der Waals surface area contributed by atoms with Gasteiger partial charge in [0.2, 0.25) is 10.0 Å². The Labute approximate surface area is 116 Å². The zero-order chi connectivity index (χ0) is 14.7. The predicted molar refractivity (Wildman–Crippen MR) is 79.5 cm³/mol. The fraction of sp³-hybridized carbons (Fsp3) is 0.571. The van der Waals surface area contributed by atoms with Crippen LogP contribution in [0.1, 0.15) is 45.6 Å². The van der Waals surface area contributed by atoms with Gasteiger partial charge in [0, 0.05) is 11.2 Å². The van der Waals surface area contributed by atoms with Crippen molar-refractivity contribution in [2.75, 3.05) is 5.73 Å². The summed E-state index contributed by atoms with van der Waals surface area (Å²) in [5.41, 5.74) is 6.51. The van der Waals surface area contributed by atoms with E-state index in [1.165, 1.54) is 0 Å². The Balaban J connectivity index is 3.22. The molecule has 4 nitrogen and oxygen atoms in total. The van der Waals surface area contributed by atoms with E-state index in [0.29, 0.717) is 11.3 Å². The van der Waals surface area contributed by atoms with Gasteiger partial charge in [-0.3, -0.25) is 0 Å². The maximum atomic E-state index is 12.5. The molecule has 0 heterocycles. The molecule has 0 fully saturated rings. The van der Waals surface area contributed by atoms with Crippen molar-refractivity contribution in [3.8, 4) is 0 Å². The highest BCUT2D eigenvalue weighted by molar-refractivity contribution is 7.89. The summed E-state index contributed by atoms with van der Waals surface area (Å²) in [6.45, 7) is 7.74. The third-order valence-corrected chi connectivity index (χ3v) is 5.72. The minimum absolute atomic E-state index is 0.271. The third kappa shape index (κ3) is 3.28. The Bertz CT molecular complexity index is 526. The summed E-state index contributed by atoms with van der Waals surface area (Å²) in [6, 6.07) is 4.98. The van der Waals surface area contributed by atoms with Crippen LogP contribution in [0.5, 0.6) is 0 Å². The summed E-state index contributed by atoms with van der Waals surface area (Å²) in [4.78, 5) is 0.271. The van der Waals surface area contributed by atoms with E-state index < -0.39 is 10.0 Å². The first-order chi connectivity index (χ1) is 8.82. The molecule has 1 aromatic carbocycles. The van der Waals surface area contributed by atoms with Crippen LogP contribution in [0.3, 0.4) is 0 Å². The fourth-order valence-corrected chi connectivity index (χ4v) is 4.12. The van der Waals surface area contributed by atoms with Gasteiger partial charge in [0.15, 0.2) is 0 Å². The molecule has 0 aliphatic heterocycles. The molecule has 0 unspecified atom stereocenters. The molecule has 108 valence electrons. The first kappa shape index (κ1) is 16.0. The van der Waals surface area contributed by atoms with E-state index in [0.717, 1.165) is 19.3 Å². The second kappa shape index (κ2) is 5.92. The normalized spacial score (nSPS) is 12.6. The summed E-state index contributed by atoms with van der Waals surface area (Å²) in [5, 5.41) is 0. The molecule has 1 rings (SSSR count). The largest absolute Gasteiger partial charge is 0.398 e. The van der Waals surface area contributed by atoms with Crippen LogP contribution in [0.25, 0.3) is 0 Å². The molecule has 0 aromatic heterocycles.